The number of aromatic nitrogens is 1. The van der Waals surface area contributed by atoms with E-state index in [9.17, 15) is 13.2 Å². The lowest BCUT2D eigenvalue weighted by Gasteiger charge is -2.16. The second-order valence-corrected chi connectivity index (χ2v) is 9.15. The molecule has 0 amide bonds. The zero-order chi connectivity index (χ0) is 21.3. The van der Waals surface area contributed by atoms with Gasteiger partial charge in [0.05, 0.1) is 11.6 Å². The van der Waals surface area contributed by atoms with Crippen LogP contribution in [0.4, 0.5) is 13.2 Å². The topological polar surface area (TPSA) is 12.9 Å². The molecule has 154 valence electrons. The molecule has 0 aliphatic rings. The van der Waals surface area contributed by atoms with Gasteiger partial charge >= 0.3 is 6.18 Å². The zero-order valence-electron chi connectivity index (χ0n) is 16.5. The van der Waals surface area contributed by atoms with Gasteiger partial charge in [0.2, 0.25) is 0 Å². The molecule has 0 unspecified atom stereocenters. The quantitative estimate of drug-likeness (QED) is 0.290. The van der Waals surface area contributed by atoms with Gasteiger partial charge in [-0.3, -0.25) is 4.98 Å². The lowest BCUT2D eigenvalue weighted by molar-refractivity contribution is -0.146. The van der Waals surface area contributed by atoms with E-state index in [1.165, 1.54) is 34.5 Å². The zero-order valence-corrected chi connectivity index (χ0v) is 18.2. The third kappa shape index (κ3) is 4.25. The second-order valence-electron chi connectivity index (χ2n) is 7.16. The molecule has 4 rings (SSSR count). The molecular weight excluding hydrogens is 423 g/mol. The van der Waals surface area contributed by atoms with Gasteiger partial charge in [0.25, 0.3) is 0 Å². The van der Waals surface area contributed by atoms with Gasteiger partial charge in [-0.1, -0.05) is 36.4 Å². The summed E-state index contributed by atoms with van der Waals surface area (Å²) in [6.07, 6.45) is 0.0945. The van der Waals surface area contributed by atoms with Crippen LogP contribution in [0.5, 0.6) is 0 Å². The van der Waals surface area contributed by atoms with E-state index in [0.29, 0.717) is 5.69 Å². The summed E-state index contributed by atoms with van der Waals surface area (Å²) < 4.78 is 40.6. The Morgan fingerprint density at radius 1 is 1.03 bits per heavy atom. The van der Waals surface area contributed by atoms with Gasteiger partial charge in [0, 0.05) is 32.7 Å². The molecule has 6 heteroatoms. The van der Waals surface area contributed by atoms with Crippen LogP contribution in [0.3, 0.4) is 0 Å². The molecule has 0 N–H and O–H groups in total. The molecule has 2 aromatic carbocycles. The van der Waals surface area contributed by atoms with Gasteiger partial charge in [-0.2, -0.15) is 13.2 Å². The van der Waals surface area contributed by atoms with E-state index in [0.717, 1.165) is 22.1 Å². The van der Waals surface area contributed by atoms with Crippen molar-refractivity contribution in [1.82, 2.24) is 4.98 Å². The molecule has 2 heterocycles. The Bertz CT molecular complexity index is 1180. The Labute approximate surface area is 182 Å². The number of pyridine rings is 1. The maximum absolute atomic E-state index is 13.2. The van der Waals surface area contributed by atoms with Gasteiger partial charge in [-0.25, -0.2) is 0 Å². The summed E-state index contributed by atoms with van der Waals surface area (Å²) in [7, 11) is 0. The number of benzene rings is 2. The third-order valence-corrected chi connectivity index (χ3v) is 7.23. The van der Waals surface area contributed by atoms with Crippen molar-refractivity contribution in [3.63, 3.8) is 0 Å². The van der Waals surface area contributed by atoms with Crippen molar-refractivity contribution in [3.8, 4) is 11.3 Å². The SMILES string of the molecule is CSc1ccccc1Cc1cc2cccc(-c3cc([C@@H](C)C(F)(F)F)ccn3)c2s1. The highest BCUT2D eigenvalue weighted by Crippen LogP contribution is 2.38. The van der Waals surface area contributed by atoms with Crippen LogP contribution in [-0.4, -0.2) is 17.4 Å². The van der Waals surface area contributed by atoms with E-state index >= 15 is 0 Å². The first-order valence-corrected chi connectivity index (χ1v) is 11.6. The number of fused-ring (bicyclic) bond motifs is 1. The van der Waals surface area contributed by atoms with Crippen LogP contribution in [-0.2, 0) is 6.42 Å². The van der Waals surface area contributed by atoms with Crippen LogP contribution in [0.2, 0.25) is 0 Å². The number of alkyl halides is 3. The van der Waals surface area contributed by atoms with Gasteiger partial charge in [-0.05, 0) is 54.0 Å². The van der Waals surface area contributed by atoms with E-state index in [-0.39, 0.29) is 5.56 Å². The van der Waals surface area contributed by atoms with Crippen molar-refractivity contribution in [2.24, 2.45) is 0 Å². The minimum absolute atomic E-state index is 0.232. The van der Waals surface area contributed by atoms with E-state index in [2.05, 4.69) is 29.4 Å². The fourth-order valence-electron chi connectivity index (χ4n) is 3.49. The van der Waals surface area contributed by atoms with Gasteiger partial charge in [0.15, 0.2) is 0 Å². The van der Waals surface area contributed by atoms with Crippen LogP contribution in [0.15, 0.2) is 71.8 Å². The Hall–Kier alpha value is -2.31. The highest BCUT2D eigenvalue weighted by molar-refractivity contribution is 7.98. The first kappa shape index (κ1) is 20.9. The molecule has 1 nitrogen and oxygen atoms in total. The number of nitrogens with zero attached hydrogens (tertiary/aromatic N) is 1. The molecule has 0 radical (unpaired) electrons. The largest absolute Gasteiger partial charge is 0.395 e. The third-order valence-electron chi connectivity index (χ3n) is 5.20. The van der Waals surface area contributed by atoms with Crippen molar-refractivity contribution in [2.45, 2.75) is 30.3 Å². The lowest BCUT2D eigenvalue weighted by Crippen LogP contribution is -2.17. The van der Waals surface area contributed by atoms with Crippen molar-refractivity contribution in [2.75, 3.05) is 6.26 Å². The van der Waals surface area contributed by atoms with E-state index in [1.807, 2.05) is 30.3 Å². The normalized spacial score (nSPS) is 13.0. The van der Waals surface area contributed by atoms with Crippen LogP contribution in [0.1, 0.15) is 28.8 Å². The summed E-state index contributed by atoms with van der Waals surface area (Å²) in [5.74, 6) is -1.53. The molecule has 2 aromatic heterocycles. The van der Waals surface area contributed by atoms with Crippen molar-refractivity contribution >= 4 is 33.2 Å². The van der Waals surface area contributed by atoms with Gasteiger partial charge in [-0.15, -0.1) is 23.1 Å². The first-order valence-electron chi connectivity index (χ1n) is 9.53. The molecular formula is C24H20F3NS2. The van der Waals surface area contributed by atoms with Crippen LogP contribution >= 0.6 is 23.1 Å². The molecule has 1 atom stereocenters. The molecule has 0 spiro atoms. The monoisotopic (exact) mass is 443 g/mol. The van der Waals surface area contributed by atoms with Crippen molar-refractivity contribution in [1.29, 1.82) is 0 Å². The first-order chi connectivity index (χ1) is 14.4. The molecule has 0 saturated heterocycles. The Balaban J connectivity index is 1.73. The summed E-state index contributed by atoms with van der Waals surface area (Å²) in [6, 6.07) is 19.4. The molecule has 0 aliphatic carbocycles. The number of hydrogen-bond donors (Lipinski definition) is 0. The number of thiophene rings is 1. The summed E-state index contributed by atoms with van der Waals surface area (Å²) in [5, 5.41) is 1.09. The Morgan fingerprint density at radius 3 is 2.60 bits per heavy atom. The molecule has 30 heavy (non-hydrogen) atoms. The highest BCUT2D eigenvalue weighted by atomic mass is 32.2. The molecule has 0 saturated carbocycles. The van der Waals surface area contributed by atoms with Gasteiger partial charge < -0.3 is 0 Å². The number of rotatable bonds is 5. The summed E-state index contributed by atoms with van der Waals surface area (Å²) in [5.41, 5.74) is 2.96. The maximum atomic E-state index is 13.2. The molecule has 0 bridgehead atoms. The average Bonchev–Trinajstić information content (AvgIpc) is 3.15. The summed E-state index contributed by atoms with van der Waals surface area (Å²) >= 11 is 3.41. The Kier molecular flexibility index (Phi) is 5.89. The van der Waals surface area contributed by atoms with Crippen molar-refractivity contribution in [3.05, 3.63) is 82.9 Å². The van der Waals surface area contributed by atoms with Crippen LogP contribution < -0.4 is 0 Å². The second kappa shape index (κ2) is 8.44. The van der Waals surface area contributed by atoms with E-state index < -0.39 is 12.1 Å². The number of hydrogen-bond acceptors (Lipinski definition) is 3. The summed E-state index contributed by atoms with van der Waals surface area (Å²) in [6.45, 7) is 1.19. The molecule has 4 aromatic rings. The number of thioether (sulfide) groups is 1. The minimum Gasteiger partial charge on any atom is -0.256 e. The van der Waals surface area contributed by atoms with E-state index in [1.54, 1.807) is 29.2 Å². The Morgan fingerprint density at radius 2 is 1.83 bits per heavy atom. The fourth-order valence-corrected chi connectivity index (χ4v) is 5.31. The molecule has 0 aliphatic heterocycles. The number of halogens is 3. The van der Waals surface area contributed by atoms with E-state index in [4.69, 9.17) is 0 Å². The average molecular weight is 444 g/mol. The lowest BCUT2D eigenvalue weighted by atomic mass is 9.99. The van der Waals surface area contributed by atoms with Crippen molar-refractivity contribution < 1.29 is 13.2 Å². The fraction of sp³-hybridized carbons (Fsp3) is 0.208. The van der Waals surface area contributed by atoms with Gasteiger partial charge in [0.1, 0.15) is 0 Å². The standard InChI is InChI=1S/C24H20F3NS2/c1-15(24(25,26)27)16-10-11-28-21(14-16)20-8-5-7-18-13-19(30-23(18)20)12-17-6-3-4-9-22(17)29-2/h3-11,13-15H,12H2,1-2H3/t15-/m1/s1. The predicted molar refractivity (Wildman–Crippen MR) is 121 cm³/mol. The predicted octanol–water partition coefficient (Wildman–Crippen LogP) is 7.94. The highest BCUT2D eigenvalue weighted by Gasteiger charge is 2.37. The minimum atomic E-state index is -4.27. The maximum Gasteiger partial charge on any atom is 0.395 e. The summed E-state index contributed by atoms with van der Waals surface area (Å²) in [4.78, 5) is 6.86. The van der Waals surface area contributed by atoms with Crippen LogP contribution in [0, 0.1) is 0 Å². The smallest absolute Gasteiger partial charge is 0.256 e. The van der Waals surface area contributed by atoms with Crippen LogP contribution in [0.25, 0.3) is 21.3 Å². The molecule has 0 fully saturated rings.